The van der Waals surface area contributed by atoms with E-state index in [1.165, 1.54) is 49.3 Å². The Labute approximate surface area is 371 Å². The summed E-state index contributed by atoms with van der Waals surface area (Å²) in [5, 5.41) is 4.98. The molecular formula is C60H40N4. The van der Waals surface area contributed by atoms with Gasteiger partial charge in [-0.15, -0.1) is 0 Å². The maximum atomic E-state index is 5.15. The quantitative estimate of drug-likeness (QED) is 0.153. The molecule has 0 aliphatic carbocycles. The van der Waals surface area contributed by atoms with E-state index in [1.807, 2.05) is 42.5 Å². The van der Waals surface area contributed by atoms with Gasteiger partial charge in [-0.2, -0.15) is 0 Å². The summed E-state index contributed by atoms with van der Waals surface area (Å²) in [7, 11) is 0. The predicted molar refractivity (Wildman–Crippen MR) is 268 cm³/mol. The summed E-state index contributed by atoms with van der Waals surface area (Å²) < 4.78 is 2.39. The minimum Gasteiger partial charge on any atom is -0.311 e. The lowest BCUT2D eigenvalue weighted by Crippen LogP contribution is -2.09. The monoisotopic (exact) mass is 816 g/mol. The van der Waals surface area contributed by atoms with Gasteiger partial charge in [-0.25, -0.2) is 9.97 Å². The number of hydrogen-bond donors (Lipinski definition) is 0. The molecule has 2 heterocycles. The molecule has 0 aliphatic rings. The topological polar surface area (TPSA) is 34.0 Å². The molecule has 4 heteroatoms. The van der Waals surface area contributed by atoms with Gasteiger partial charge in [-0.1, -0.05) is 164 Å². The maximum Gasteiger partial charge on any atom is 0.0973 e. The Bertz CT molecular complexity index is 3630. The largest absolute Gasteiger partial charge is 0.311 e. The van der Waals surface area contributed by atoms with E-state index in [0.29, 0.717) is 0 Å². The van der Waals surface area contributed by atoms with Crippen LogP contribution in [0.15, 0.2) is 243 Å². The lowest BCUT2D eigenvalue weighted by atomic mass is 9.98. The van der Waals surface area contributed by atoms with E-state index in [9.17, 15) is 0 Å². The molecule has 12 rings (SSSR count). The molecule has 2 aromatic heterocycles. The van der Waals surface area contributed by atoms with E-state index in [-0.39, 0.29) is 0 Å². The van der Waals surface area contributed by atoms with Crippen molar-refractivity contribution in [1.82, 2.24) is 14.5 Å². The van der Waals surface area contributed by atoms with E-state index in [2.05, 4.69) is 210 Å². The highest BCUT2D eigenvalue weighted by molar-refractivity contribution is 6.10. The summed E-state index contributed by atoms with van der Waals surface area (Å²) in [4.78, 5) is 12.6. The van der Waals surface area contributed by atoms with Crippen LogP contribution in [0.4, 0.5) is 17.1 Å². The molecule has 0 unspecified atom stereocenters. The van der Waals surface area contributed by atoms with Crippen LogP contribution in [0.1, 0.15) is 0 Å². The van der Waals surface area contributed by atoms with Crippen molar-refractivity contribution in [3.05, 3.63) is 243 Å². The molecule has 0 aliphatic heterocycles. The molecule has 0 fully saturated rings. The fourth-order valence-corrected chi connectivity index (χ4v) is 9.29. The van der Waals surface area contributed by atoms with Crippen LogP contribution in [0.25, 0.3) is 94.1 Å². The van der Waals surface area contributed by atoms with Gasteiger partial charge < -0.3 is 9.47 Å². The summed E-state index contributed by atoms with van der Waals surface area (Å²) in [6.07, 6.45) is 0. The lowest BCUT2D eigenvalue weighted by molar-refractivity contribution is 1.18. The third-order valence-electron chi connectivity index (χ3n) is 12.4. The number of rotatable bonds is 8. The molecule has 0 N–H and O–H groups in total. The first-order valence-electron chi connectivity index (χ1n) is 21.7. The average Bonchev–Trinajstić information content (AvgIpc) is 3.70. The third-order valence-corrected chi connectivity index (χ3v) is 12.4. The molecule has 0 spiro atoms. The maximum absolute atomic E-state index is 5.15. The van der Waals surface area contributed by atoms with Gasteiger partial charge in [-0.3, -0.25) is 0 Å². The summed E-state index contributed by atoms with van der Waals surface area (Å²) in [5.74, 6) is 0. The van der Waals surface area contributed by atoms with E-state index < -0.39 is 0 Å². The summed E-state index contributed by atoms with van der Waals surface area (Å²) in [5.41, 5.74) is 17.1. The summed E-state index contributed by atoms with van der Waals surface area (Å²) in [6, 6.07) is 86.3. The Balaban J connectivity index is 0.884. The second kappa shape index (κ2) is 15.7. The molecule has 0 radical (unpaired) electrons. The zero-order valence-electron chi connectivity index (χ0n) is 34.9. The minimum absolute atomic E-state index is 0.863. The zero-order valence-corrected chi connectivity index (χ0v) is 34.9. The Morgan fingerprint density at radius 2 is 0.812 bits per heavy atom. The molecule has 64 heavy (non-hydrogen) atoms. The number of aromatic nitrogens is 3. The van der Waals surface area contributed by atoms with Crippen molar-refractivity contribution in [2.24, 2.45) is 0 Å². The Morgan fingerprint density at radius 3 is 1.52 bits per heavy atom. The van der Waals surface area contributed by atoms with Crippen LogP contribution in [0.2, 0.25) is 0 Å². The van der Waals surface area contributed by atoms with E-state index in [1.54, 1.807) is 0 Å². The van der Waals surface area contributed by atoms with Crippen LogP contribution in [-0.4, -0.2) is 14.5 Å². The van der Waals surface area contributed by atoms with E-state index in [4.69, 9.17) is 9.97 Å². The first-order valence-corrected chi connectivity index (χ1v) is 21.7. The fraction of sp³-hybridized carbons (Fsp3) is 0. The summed E-state index contributed by atoms with van der Waals surface area (Å²) in [6.45, 7) is 0. The van der Waals surface area contributed by atoms with Crippen molar-refractivity contribution < 1.29 is 0 Å². The van der Waals surface area contributed by atoms with E-state index in [0.717, 1.165) is 61.9 Å². The second-order valence-corrected chi connectivity index (χ2v) is 16.2. The van der Waals surface area contributed by atoms with Gasteiger partial charge in [0.1, 0.15) is 0 Å². The number of hydrogen-bond acceptors (Lipinski definition) is 3. The van der Waals surface area contributed by atoms with Gasteiger partial charge in [0.15, 0.2) is 0 Å². The van der Waals surface area contributed by atoms with Crippen molar-refractivity contribution in [3.8, 4) is 50.5 Å². The van der Waals surface area contributed by atoms with Crippen LogP contribution in [0.5, 0.6) is 0 Å². The van der Waals surface area contributed by atoms with E-state index >= 15 is 0 Å². The van der Waals surface area contributed by atoms with Crippen molar-refractivity contribution >= 4 is 60.7 Å². The number of para-hydroxylation sites is 4. The molecule has 0 saturated carbocycles. The fourth-order valence-electron chi connectivity index (χ4n) is 9.29. The van der Waals surface area contributed by atoms with Crippen LogP contribution < -0.4 is 4.90 Å². The van der Waals surface area contributed by atoms with Crippen LogP contribution in [0.3, 0.4) is 0 Å². The van der Waals surface area contributed by atoms with Crippen LogP contribution >= 0.6 is 0 Å². The normalized spacial score (nSPS) is 11.4. The third kappa shape index (κ3) is 6.57. The van der Waals surface area contributed by atoms with Crippen molar-refractivity contribution in [3.63, 3.8) is 0 Å². The van der Waals surface area contributed by atoms with Crippen molar-refractivity contribution in [2.75, 3.05) is 4.90 Å². The number of nitrogens with zero attached hydrogens (tertiary/aromatic N) is 4. The first kappa shape index (κ1) is 37.2. The van der Waals surface area contributed by atoms with Gasteiger partial charge in [0.25, 0.3) is 0 Å². The van der Waals surface area contributed by atoms with Crippen molar-refractivity contribution in [2.45, 2.75) is 0 Å². The molecule has 0 bridgehead atoms. The second-order valence-electron chi connectivity index (χ2n) is 16.2. The molecule has 4 nitrogen and oxygen atoms in total. The van der Waals surface area contributed by atoms with Crippen LogP contribution in [0, 0.1) is 0 Å². The lowest BCUT2D eigenvalue weighted by Gasteiger charge is -2.26. The number of benzene rings is 10. The Hall–Kier alpha value is -8.60. The highest BCUT2D eigenvalue weighted by Gasteiger charge is 2.18. The highest BCUT2D eigenvalue weighted by Crippen LogP contribution is 2.40. The van der Waals surface area contributed by atoms with Gasteiger partial charge in [0, 0.05) is 44.6 Å². The molecular weight excluding hydrogens is 777 g/mol. The molecule has 300 valence electrons. The molecule has 10 aromatic carbocycles. The van der Waals surface area contributed by atoms with Gasteiger partial charge in [0.2, 0.25) is 0 Å². The van der Waals surface area contributed by atoms with Crippen molar-refractivity contribution in [1.29, 1.82) is 0 Å². The van der Waals surface area contributed by atoms with Crippen LogP contribution in [-0.2, 0) is 0 Å². The minimum atomic E-state index is 0.863. The predicted octanol–water partition coefficient (Wildman–Crippen LogP) is 16.0. The standard InChI is InChI=1S/C60H40N4/c1-3-15-44(16-4-1)59-60(62-56-24-11-10-23-55(56)61-59)45-30-37-49(38-31-45)63(47-18-5-2-6-19-47)48-33-26-41(27-34-48)46-32-39-58-54(40-46)53-21-9-12-25-57(53)64(58)50-35-28-43(29-36-50)52-22-13-17-42-14-7-8-20-51(42)52/h1-40H. The average molecular weight is 817 g/mol. The highest BCUT2D eigenvalue weighted by atomic mass is 15.1. The van der Waals surface area contributed by atoms with Gasteiger partial charge >= 0.3 is 0 Å². The van der Waals surface area contributed by atoms with Gasteiger partial charge in [-0.05, 0) is 112 Å². The van der Waals surface area contributed by atoms with Gasteiger partial charge in [0.05, 0.1) is 33.5 Å². The summed E-state index contributed by atoms with van der Waals surface area (Å²) >= 11 is 0. The first-order chi connectivity index (χ1) is 31.7. The molecule has 12 aromatic rings. The SMILES string of the molecule is c1ccc(-c2nc3ccccc3nc2-c2ccc(N(c3ccccc3)c3ccc(-c4ccc5c(c4)c4ccccc4n5-c4ccc(-c5cccc6ccccc56)cc4)cc3)cc2)cc1. The zero-order chi connectivity index (χ0) is 42.4. The number of anilines is 3. The molecule has 0 amide bonds. The Morgan fingerprint density at radius 1 is 0.312 bits per heavy atom. The molecule has 0 atom stereocenters. The molecule has 0 saturated heterocycles. The Kier molecular flexibility index (Phi) is 9.12. The smallest absolute Gasteiger partial charge is 0.0973 e. The number of fused-ring (bicyclic) bond motifs is 5.